The molecule has 0 spiro atoms. The molecular weight excluding hydrogens is 490 g/mol. The zero-order valence-electron chi connectivity index (χ0n) is 23.5. The number of aromatic nitrogens is 3. The standard InChI is InChI=1S/C31H39N5O3/c1-5-24-25(21-11-13-22(14-12-21)31(19-32)15-17-35(4)18-16-31)26-28(33-27(24)30(37)38)36(23-9-7-6-8-10-23)34-29(26)39-20(2)3/h11-14,20,23H,5-10,15-18H2,1-4H3,(H,37,38). The summed E-state index contributed by atoms with van der Waals surface area (Å²) in [5.74, 6) is -0.531. The maximum Gasteiger partial charge on any atom is 0.354 e. The van der Waals surface area contributed by atoms with Crippen molar-refractivity contribution in [3.05, 3.63) is 41.1 Å². The van der Waals surface area contributed by atoms with Crippen LogP contribution in [-0.2, 0) is 11.8 Å². The highest BCUT2D eigenvalue weighted by Gasteiger charge is 2.36. The summed E-state index contributed by atoms with van der Waals surface area (Å²) < 4.78 is 8.19. The van der Waals surface area contributed by atoms with E-state index in [0.717, 1.165) is 73.7 Å². The third-order valence-corrected chi connectivity index (χ3v) is 8.51. The fraction of sp³-hybridized carbons (Fsp3) is 0.548. The molecule has 1 N–H and O–H groups in total. The van der Waals surface area contributed by atoms with Gasteiger partial charge >= 0.3 is 5.97 Å². The van der Waals surface area contributed by atoms with Gasteiger partial charge in [0.05, 0.1) is 29.0 Å². The molecule has 1 aliphatic heterocycles. The van der Waals surface area contributed by atoms with Gasteiger partial charge in [0.25, 0.3) is 0 Å². The third kappa shape index (κ3) is 5.00. The fourth-order valence-corrected chi connectivity index (χ4v) is 6.32. The van der Waals surface area contributed by atoms with Crippen LogP contribution in [0.25, 0.3) is 22.2 Å². The second-order valence-electron chi connectivity index (χ2n) is 11.5. The number of pyridine rings is 1. The first-order valence-corrected chi connectivity index (χ1v) is 14.3. The van der Waals surface area contributed by atoms with Gasteiger partial charge in [0.15, 0.2) is 11.3 Å². The average molecular weight is 530 g/mol. The summed E-state index contributed by atoms with van der Waals surface area (Å²) in [6.45, 7) is 7.69. The number of fused-ring (bicyclic) bond motifs is 1. The smallest absolute Gasteiger partial charge is 0.354 e. The lowest BCUT2D eigenvalue weighted by Gasteiger charge is -2.35. The lowest BCUT2D eigenvalue weighted by Crippen LogP contribution is -2.39. The molecular formula is C31H39N5O3. The molecule has 5 rings (SSSR count). The molecule has 1 saturated heterocycles. The van der Waals surface area contributed by atoms with Crippen molar-refractivity contribution in [1.29, 1.82) is 5.26 Å². The Hall–Kier alpha value is -3.44. The SMILES string of the molecule is CCc1c(C(=O)O)nc2c(c(OC(C)C)nn2C2CCCCC2)c1-c1ccc(C2(C#N)CCN(C)CC2)cc1. The number of benzene rings is 1. The van der Waals surface area contributed by atoms with Crippen LogP contribution in [0.4, 0.5) is 0 Å². The van der Waals surface area contributed by atoms with E-state index in [0.29, 0.717) is 23.5 Å². The molecule has 1 saturated carbocycles. The highest BCUT2D eigenvalue weighted by atomic mass is 16.5. The van der Waals surface area contributed by atoms with Gasteiger partial charge in [-0.05, 0) is 82.8 Å². The van der Waals surface area contributed by atoms with Crippen LogP contribution in [-0.4, -0.2) is 57.0 Å². The summed E-state index contributed by atoms with van der Waals surface area (Å²) in [7, 11) is 2.09. The third-order valence-electron chi connectivity index (χ3n) is 8.51. The Balaban J connectivity index is 1.72. The van der Waals surface area contributed by atoms with Gasteiger partial charge in [-0.2, -0.15) is 5.26 Å². The van der Waals surface area contributed by atoms with E-state index in [1.165, 1.54) is 6.42 Å². The fourth-order valence-electron chi connectivity index (χ4n) is 6.32. The summed E-state index contributed by atoms with van der Waals surface area (Å²) in [6.07, 6.45) is 7.43. The van der Waals surface area contributed by atoms with E-state index in [1.54, 1.807) is 0 Å². The van der Waals surface area contributed by atoms with Gasteiger partial charge < -0.3 is 14.7 Å². The number of rotatable bonds is 7. The number of nitriles is 1. The summed E-state index contributed by atoms with van der Waals surface area (Å²) in [6, 6.07) is 10.9. The Morgan fingerprint density at radius 2 is 1.85 bits per heavy atom. The molecule has 0 radical (unpaired) electrons. The maximum absolute atomic E-state index is 12.5. The molecule has 2 fully saturated rings. The van der Waals surface area contributed by atoms with Gasteiger partial charge in [0.2, 0.25) is 5.88 Å². The molecule has 3 heterocycles. The largest absolute Gasteiger partial charge is 0.477 e. The van der Waals surface area contributed by atoms with Gasteiger partial charge in [-0.1, -0.05) is 50.5 Å². The summed E-state index contributed by atoms with van der Waals surface area (Å²) >= 11 is 0. The number of ether oxygens (including phenoxy) is 1. The van der Waals surface area contributed by atoms with E-state index in [4.69, 9.17) is 14.8 Å². The van der Waals surface area contributed by atoms with Crippen LogP contribution in [0.2, 0.25) is 0 Å². The molecule has 1 aromatic carbocycles. The van der Waals surface area contributed by atoms with E-state index in [1.807, 2.05) is 49.7 Å². The second-order valence-corrected chi connectivity index (χ2v) is 11.5. The summed E-state index contributed by atoms with van der Waals surface area (Å²) in [5, 5.41) is 26.1. The molecule has 206 valence electrons. The average Bonchev–Trinajstić information content (AvgIpc) is 3.30. The number of carbonyl (C=O) groups is 1. The van der Waals surface area contributed by atoms with Crippen molar-refractivity contribution in [2.75, 3.05) is 20.1 Å². The van der Waals surface area contributed by atoms with E-state index in [2.05, 4.69) is 18.0 Å². The number of likely N-dealkylation sites (tertiary alicyclic amines) is 1. The molecule has 39 heavy (non-hydrogen) atoms. The van der Waals surface area contributed by atoms with Crippen molar-refractivity contribution in [3.63, 3.8) is 0 Å². The lowest BCUT2D eigenvalue weighted by molar-refractivity contribution is 0.0689. The molecule has 2 aromatic heterocycles. The number of hydrogen-bond acceptors (Lipinski definition) is 6. The predicted octanol–water partition coefficient (Wildman–Crippen LogP) is 6.14. The first-order chi connectivity index (χ1) is 18.8. The quantitative estimate of drug-likeness (QED) is 0.392. The normalized spacial score (nSPS) is 18.4. The number of nitrogens with zero attached hydrogens (tertiary/aromatic N) is 5. The van der Waals surface area contributed by atoms with Crippen LogP contribution in [0.3, 0.4) is 0 Å². The molecule has 8 heteroatoms. The number of carboxylic acids is 1. The van der Waals surface area contributed by atoms with Gasteiger partial charge in [0, 0.05) is 5.56 Å². The minimum Gasteiger partial charge on any atom is -0.477 e. The Morgan fingerprint density at radius 3 is 2.41 bits per heavy atom. The Kier molecular flexibility index (Phi) is 7.64. The summed E-state index contributed by atoms with van der Waals surface area (Å²) in [5.41, 5.74) is 3.54. The van der Waals surface area contributed by atoms with Gasteiger partial charge in [-0.25, -0.2) is 14.5 Å². The van der Waals surface area contributed by atoms with Crippen molar-refractivity contribution in [2.45, 2.75) is 89.7 Å². The highest BCUT2D eigenvalue weighted by Crippen LogP contribution is 2.43. The molecule has 3 aromatic rings. The first-order valence-electron chi connectivity index (χ1n) is 14.3. The van der Waals surface area contributed by atoms with Crippen LogP contribution >= 0.6 is 0 Å². The molecule has 0 amide bonds. The van der Waals surface area contributed by atoms with Crippen molar-refractivity contribution >= 4 is 17.0 Å². The number of piperidine rings is 1. The predicted molar refractivity (Wildman–Crippen MR) is 151 cm³/mol. The van der Waals surface area contributed by atoms with Crippen LogP contribution in [0, 0.1) is 11.3 Å². The van der Waals surface area contributed by atoms with E-state index in [-0.39, 0.29) is 17.8 Å². The van der Waals surface area contributed by atoms with Crippen molar-refractivity contribution < 1.29 is 14.6 Å². The molecule has 0 bridgehead atoms. The molecule has 0 unspecified atom stereocenters. The first kappa shape index (κ1) is 27.1. The van der Waals surface area contributed by atoms with Gasteiger partial charge in [-0.3, -0.25) is 0 Å². The van der Waals surface area contributed by atoms with Gasteiger partial charge in [0.1, 0.15) is 0 Å². The monoisotopic (exact) mass is 529 g/mol. The van der Waals surface area contributed by atoms with Crippen LogP contribution in [0.5, 0.6) is 5.88 Å². The van der Waals surface area contributed by atoms with Gasteiger partial charge in [-0.15, -0.1) is 5.10 Å². The van der Waals surface area contributed by atoms with Crippen molar-refractivity contribution in [3.8, 4) is 23.1 Å². The van der Waals surface area contributed by atoms with Crippen LogP contribution < -0.4 is 4.74 Å². The zero-order valence-corrected chi connectivity index (χ0v) is 23.5. The Morgan fingerprint density at radius 1 is 1.18 bits per heavy atom. The maximum atomic E-state index is 12.5. The topological polar surface area (TPSA) is 104 Å². The zero-order chi connectivity index (χ0) is 27.7. The minimum atomic E-state index is -1.04. The van der Waals surface area contributed by atoms with E-state index >= 15 is 0 Å². The summed E-state index contributed by atoms with van der Waals surface area (Å²) in [4.78, 5) is 19.5. The number of carboxylic acid groups (broad SMARTS) is 1. The van der Waals surface area contributed by atoms with Crippen molar-refractivity contribution in [1.82, 2.24) is 19.7 Å². The minimum absolute atomic E-state index is 0.0703. The van der Waals surface area contributed by atoms with E-state index in [9.17, 15) is 15.2 Å². The molecule has 2 aliphatic rings. The Bertz CT molecular complexity index is 1390. The lowest BCUT2D eigenvalue weighted by atomic mass is 9.74. The van der Waals surface area contributed by atoms with E-state index < -0.39 is 11.4 Å². The highest BCUT2D eigenvalue weighted by molar-refractivity contribution is 6.03. The number of aromatic carboxylic acids is 1. The van der Waals surface area contributed by atoms with Crippen LogP contribution in [0.1, 0.15) is 93.4 Å². The second kappa shape index (κ2) is 11.0. The van der Waals surface area contributed by atoms with Crippen LogP contribution in [0.15, 0.2) is 24.3 Å². The molecule has 8 nitrogen and oxygen atoms in total. The molecule has 1 aliphatic carbocycles. The molecule has 0 atom stereocenters. The van der Waals surface area contributed by atoms with Crippen molar-refractivity contribution in [2.24, 2.45) is 0 Å². The number of hydrogen-bond donors (Lipinski definition) is 1. The Labute approximate surface area is 230 Å².